The molecule has 0 fully saturated rings. The molecule has 0 radical (unpaired) electrons. The molecule has 3 rings (SSSR count). The van der Waals surface area contributed by atoms with Gasteiger partial charge in [-0.05, 0) is 30.3 Å². The number of ether oxygens (including phenoxy) is 1. The number of aldehydes is 1. The van der Waals surface area contributed by atoms with E-state index in [1.807, 2.05) is 0 Å². The SMILES string of the molecule is O=Cc1ccc(Oc2ccc3sc(=O)oc3c2)c(F)c1. The second-order valence-corrected chi connectivity index (χ2v) is 4.95. The summed E-state index contributed by atoms with van der Waals surface area (Å²) in [5.74, 6) is -0.300. The fourth-order valence-electron chi connectivity index (χ4n) is 1.72. The number of halogens is 1. The molecule has 0 aliphatic rings. The summed E-state index contributed by atoms with van der Waals surface area (Å²) in [5, 5.41) is 0. The maximum atomic E-state index is 13.7. The first-order chi connectivity index (χ1) is 9.65. The molecule has 100 valence electrons. The summed E-state index contributed by atoms with van der Waals surface area (Å²) in [4.78, 5) is 21.2. The molecule has 0 aliphatic carbocycles. The zero-order valence-corrected chi connectivity index (χ0v) is 10.8. The maximum Gasteiger partial charge on any atom is 0.396 e. The van der Waals surface area contributed by atoms with E-state index in [1.54, 1.807) is 12.1 Å². The van der Waals surface area contributed by atoms with Gasteiger partial charge in [0.2, 0.25) is 0 Å². The molecular formula is C14H7FO4S. The lowest BCUT2D eigenvalue weighted by Gasteiger charge is -2.06. The highest BCUT2D eigenvalue weighted by atomic mass is 32.1. The van der Waals surface area contributed by atoms with E-state index in [-0.39, 0.29) is 11.3 Å². The lowest BCUT2D eigenvalue weighted by Crippen LogP contribution is -1.90. The lowest BCUT2D eigenvalue weighted by atomic mass is 10.2. The smallest absolute Gasteiger partial charge is 0.396 e. The number of hydrogen-bond acceptors (Lipinski definition) is 5. The summed E-state index contributed by atoms with van der Waals surface area (Å²) in [7, 11) is 0. The predicted octanol–water partition coefficient (Wildman–Crippen LogP) is 3.60. The summed E-state index contributed by atoms with van der Waals surface area (Å²) >= 11 is 0.985. The topological polar surface area (TPSA) is 56.5 Å². The van der Waals surface area contributed by atoms with Crippen LogP contribution in [0, 0.1) is 5.82 Å². The van der Waals surface area contributed by atoms with E-state index in [4.69, 9.17) is 9.15 Å². The van der Waals surface area contributed by atoms with E-state index >= 15 is 0 Å². The van der Waals surface area contributed by atoms with Gasteiger partial charge in [0.15, 0.2) is 17.1 Å². The van der Waals surface area contributed by atoms with Crippen molar-refractivity contribution in [3.8, 4) is 11.5 Å². The van der Waals surface area contributed by atoms with Gasteiger partial charge in [-0.25, -0.2) is 9.18 Å². The van der Waals surface area contributed by atoms with Crippen LogP contribution in [-0.2, 0) is 0 Å². The number of benzene rings is 2. The fraction of sp³-hybridized carbons (Fsp3) is 0. The summed E-state index contributed by atoms with van der Waals surface area (Å²) in [6, 6.07) is 8.70. The molecule has 6 heteroatoms. The Morgan fingerprint density at radius 2 is 2.05 bits per heavy atom. The Morgan fingerprint density at radius 1 is 1.20 bits per heavy atom. The van der Waals surface area contributed by atoms with Crippen molar-refractivity contribution in [1.29, 1.82) is 0 Å². The zero-order chi connectivity index (χ0) is 14.1. The average Bonchev–Trinajstić information content (AvgIpc) is 2.80. The summed E-state index contributed by atoms with van der Waals surface area (Å²) in [6.45, 7) is 0. The monoisotopic (exact) mass is 290 g/mol. The standard InChI is InChI=1S/C14H7FO4S/c15-10-5-8(7-16)1-3-11(10)18-9-2-4-13-12(6-9)19-14(17)20-13/h1-7H. The Bertz CT molecular complexity index is 850. The largest absolute Gasteiger partial charge is 0.454 e. The second-order valence-electron chi connectivity index (χ2n) is 3.97. The van der Waals surface area contributed by atoms with E-state index in [2.05, 4.69) is 0 Å². The van der Waals surface area contributed by atoms with Gasteiger partial charge in [-0.1, -0.05) is 11.3 Å². The van der Waals surface area contributed by atoms with Crippen LogP contribution in [0.4, 0.5) is 4.39 Å². The Hall–Kier alpha value is -2.47. The molecule has 1 heterocycles. The highest BCUT2D eigenvalue weighted by Crippen LogP contribution is 2.28. The number of fused-ring (bicyclic) bond motifs is 1. The molecule has 0 spiro atoms. The molecule has 0 atom stereocenters. The minimum atomic E-state index is -0.638. The molecule has 0 saturated carbocycles. The van der Waals surface area contributed by atoms with Crippen molar-refractivity contribution < 1.29 is 18.3 Å². The normalized spacial score (nSPS) is 10.7. The zero-order valence-electron chi connectivity index (χ0n) is 9.96. The molecule has 3 aromatic rings. The first-order valence-corrected chi connectivity index (χ1v) is 6.43. The minimum absolute atomic E-state index is 0.00692. The van der Waals surface area contributed by atoms with Crippen LogP contribution < -0.4 is 9.68 Å². The molecule has 0 saturated heterocycles. The average molecular weight is 290 g/mol. The molecule has 0 unspecified atom stereocenters. The molecule has 0 aliphatic heterocycles. The quantitative estimate of drug-likeness (QED) is 0.692. The van der Waals surface area contributed by atoms with Crippen LogP contribution >= 0.6 is 11.3 Å². The highest BCUT2D eigenvalue weighted by molar-refractivity contribution is 7.16. The summed E-state index contributed by atoms with van der Waals surface area (Å²) in [6.07, 6.45) is 0.554. The van der Waals surface area contributed by atoms with Gasteiger partial charge < -0.3 is 9.15 Å². The number of carbonyl (C=O) groups is 1. The van der Waals surface area contributed by atoms with Crippen LogP contribution in [0.15, 0.2) is 45.6 Å². The first-order valence-electron chi connectivity index (χ1n) is 5.62. The van der Waals surface area contributed by atoms with Crippen LogP contribution in [0.1, 0.15) is 10.4 Å². The third-order valence-corrected chi connectivity index (χ3v) is 3.43. The molecule has 20 heavy (non-hydrogen) atoms. The van der Waals surface area contributed by atoms with Gasteiger partial charge in [0.1, 0.15) is 12.0 Å². The molecule has 0 amide bonds. The third kappa shape index (κ3) is 2.33. The van der Waals surface area contributed by atoms with Gasteiger partial charge in [0.05, 0.1) is 4.70 Å². The molecule has 1 aromatic heterocycles. The van der Waals surface area contributed by atoms with Crippen molar-refractivity contribution in [3.63, 3.8) is 0 Å². The minimum Gasteiger partial charge on any atom is -0.454 e. The summed E-state index contributed by atoms with van der Waals surface area (Å²) < 4.78 is 24.7. The predicted molar refractivity (Wildman–Crippen MR) is 72.2 cm³/mol. The number of rotatable bonds is 3. The Labute approximate surface area is 116 Å². The van der Waals surface area contributed by atoms with E-state index in [0.717, 1.165) is 17.4 Å². The third-order valence-electron chi connectivity index (χ3n) is 2.62. The molecule has 4 nitrogen and oxygen atoms in total. The fourth-order valence-corrected chi connectivity index (χ4v) is 2.36. The van der Waals surface area contributed by atoms with Crippen LogP contribution in [0.25, 0.3) is 10.3 Å². The van der Waals surface area contributed by atoms with Crippen molar-refractivity contribution in [2.24, 2.45) is 0 Å². The van der Waals surface area contributed by atoms with Gasteiger partial charge >= 0.3 is 4.94 Å². The van der Waals surface area contributed by atoms with E-state index in [9.17, 15) is 14.0 Å². The Morgan fingerprint density at radius 3 is 2.80 bits per heavy atom. The Balaban J connectivity index is 1.96. The van der Waals surface area contributed by atoms with Crippen LogP contribution in [-0.4, -0.2) is 6.29 Å². The molecule has 0 bridgehead atoms. The van der Waals surface area contributed by atoms with Gasteiger partial charge in [-0.15, -0.1) is 0 Å². The summed E-state index contributed by atoms with van der Waals surface area (Å²) in [5.41, 5.74) is 0.622. The van der Waals surface area contributed by atoms with E-state index in [0.29, 0.717) is 22.3 Å². The van der Waals surface area contributed by atoms with E-state index in [1.165, 1.54) is 18.2 Å². The van der Waals surface area contributed by atoms with Gasteiger partial charge in [0, 0.05) is 11.6 Å². The maximum absolute atomic E-state index is 13.7. The van der Waals surface area contributed by atoms with Crippen molar-refractivity contribution in [2.75, 3.05) is 0 Å². The van der Waals surface area contributed by atoms with Crippen molar-refractivity contribution in [1.82, 2.24) is 0 Å². The number of carbonyl (C=O) groups excluding carboxylic acids is 1. The molecule has 0 N–H and O–H groups in total. The van der Waals surface area contributed by atoms with Crippen molar-refractivity contribution in [2.45, 2.75) is 0 Å². The number of hydrogen-bond donors (Lipinski definition) is 0. The lowest BCUT2D eigenvalue weighted by molar-refractivity contribution is 0.112. The molecule has 2 aromatic carbocycles. The first kappa shape index (κ1) is 12.6. The second kappa shape index (κ2) is 4.90. The van der Waals surface area contributed by atoms with Crippen molar-refractivity contribution in [3.05, 3.63) is 57.5 Å². The van der Waals surface area contributed by atoms with Gasteiger partial charge in [-0.3, -0.25) is 4.79 Å². The van der Waals surface area contributed by atoms with E-state index < -0.39 is 10.8 Å². The molecular weight excluding hydrogens is 283 g/mol. The van der Waals surface area contributed by atoms with Crippen LogP contribution in [0.3, 0.4) is 0 Å². The van der Waals surface area contributed by atoms with Crippen LogP contribution in [0.2, 0.25) is 0 Å². The van der Waals surface area contributed by atoms with Crippen LogP contribution in [0.5, 0.6) is 11.5 Å². The van der Waals surface area contributed by atoms with Gasteiger partial charge in [0.25, 0.3) is 0 Å². The van der Waals surface area contributed by atoms with Gasteiger partial charge in [-0.2, -0.15) is 0 Å². The highest BCUT2D eigenvalue weighted by Gasteiger charge is 2.08. The Kier molecular flexibility index (Phi) is 3.08. The van der Waals surface area contributed by atoms with Crippen molar-refractivity contribution >= 4 is 27.9 Å².